The van der Waals surface area contributed by atoms with E-state index in [1.54, 1.807) is 6.26 Å². The molecular weight excluding hydrogens is 240 g/mol. The Balaban J connectivity index is 1.58. The van der Waals surface area contributed by atoms with Crippen molar-refractivity contribution in [2.45, 2.75) is 25.4 Å². The molecule has 0 radical (unpaired) electrons. The molecule has 3 rings (SSSR count). The maximum Gasteiger partial charge on any atom is 0.310 e. The summed E-state index contributed by atoms with van der Waals surface area (Å²) in [5, 5.41) is 0. The number of rotatable bonds is 4. The Morgan fingerprint density at radius 1 is 1.26 bits per heavy atom. The maximum atomic E-state index is 12.0. The van der Waals surface area contributed by atoms with E-state index in [4.69, 9.17) is 9.15 Å². The van der Waals surface area contributed by atoms with Crippen molar-refractivity contribution in [2.75, 3.05) is 0 Å². The summed E-state index contributed by atoms with van der Waals surface area (Å²) in [5.74, 6) is 0.912. The van der Waals surface area contributed by atoms with Crippen LogP contribution in [0.25, 0.3) is 0 Å². The number of furan rings is 1. The topological polar surface area (TPSA) is 39.4 Å². The summed E-state index contributed by atoms with van der Waals surface area (Å²) in [7, 11) is 0. The van der Waals surface area contributed by atoms with Crippen LogP contribution in [0.4, 0.5) is 0 Å². The highest BCUT2D eigenvalue weighted by Gasteiger charge is 2.47. The molecule has 1 aromatic heterocycles. The molecule has 0 amide bonds. The van der Waals surface area contributed by atoms with E-state index in [1.165, 1.54) is 0 Å². The lowest BCUT2D eigenvalue weighted by atomic mass is 10.1. The molecule has 3 nitrogen and oxygen atoms in total. The highest BCUT2D eigenvalue weighted by molar-refractivity contribution is 5.77. The van der Waals surface area contributed by atoms with Crippen LogP contribution in [0.1, 0.15) is 36.7 Å². The van der Waals surface area contributed by atoms with Gasteiger partial charge >= 0.3 is 5.97 Å². The first kappa shape index (κ1) is 12.0. The average molecular weight is 256 g/mol. The summed E-state index contributed by atoms with van der Waals surface area (Å²) >= 11 is 0. The van der Waals surface area contributed by atoms with Gasteiger partial charge < -0.3 is 9.15 Å². The van der Waals surface area contributed by atoms with E-state index in [2.05, 4.69) is 0 Å². The van der Waals surface area contributed by atoms with E-state index < -0.39 is 0 Å². The lowest BCUT2D eigenvalue weighted by molar-refractivity contribution is -0.150. The number of hydrogen-bond acceptors (Lipinski definition) is 3. The van der Waals surface area contributed by atoms with Gasteiger partial charge in [-0.05, 0) is 31.0 Å². The number of carbonyl (C=O) groups excluding carboxylic acids is 1. The van der Waals surface area contributed by atoms with Crippen LogP contribution in [-0.4, -0.2) is 5.97 Å². The molecule has 1 heterocycles. The molecule has 0 N–H and O–H groups in total. The molecule has 1 aliphatic rings. The van der Waals surface area contributed by atoms with Crippen molar-refractivity contribution in [1.29, 1.82) is 0 Å². The third-order valence-corrected chi connectivity index (χ3v) is 3.56. The van der Waals surface area contributed by atoms with Gasteiger partial charge in [0.25, 0.3) is 0 Å². The molecule has 3 atom stereocenters. The zero-order valence-corrected chi connectivity index (χ0v) is 10.8. The maximum absolute atomic E-state index is 12.0. The summed E-state index contributed by atoms with van der Waals surface area (Å²) < 4.78 is 10.8. The largest absolute Gasteiger partial charge is 0.469 e. The molecule has 2 aromatic rings. The molecule has 0 spiro atoms. The Morgan fingerprint density at radius 2 is 2.05 bits per heavy atom. The van der Waals surface area contributed by atoms with E-state index in [0.29, 0.717) is 0 Å². The normalized spacial score (nSPS) is 22.8. The molecule has 0 saturated heterocycles. The minimum Gasteiger partial charge on any atom is -0.469 e. The second-order valence-corrected chi connectivity index (χ2v) is 4.95. The van der Waals surface area contributed by atoms with Crippen LogP contribution in [-0.2, 0) is 9.53 Å². The molecule has 1 saturated carbocycles. The van der Waals surface area contributed by atoms with E-state index in [-0.39, 0.29) is 23.9 Å². The zero-order chi connectivity index (χ0) is 13.2. The number of esters is 1. The number of hydrogen-bond donors (Lipinski definition) is 0. The lowest BCUT2D eigenvalue weighted by Crippen LogP contribution is -2.11. The van der Waals surface area contributed by atoms with Crippen molar-refractivity contribution >= 4 is 5.97 Å². The van der Waals surface area contributed by atoms with Crippen LogP contribution in [0.5, 0.6) is 0 Å². The quantitative estimate of drug-likeness (QED) is 0.783. The first-order chi connectivity index (χ1) is 9.25. The molecule has 1 aliphatic carbocycles. The summed E-state index contributed by atoms with van der Waals surface area (Å²) in [6.45, 7) is 1.90. The first-order valence-corrected chi connectivity index (χ1v) is 6.54. The minimum absolute atomic E-state index is 0.0442. The van der Waals surface area contributed by atoms with E-state index >= 15 is 0 Å². The van der Waals surface area contributed by atoms with Gasteiger partial charge in [-0.25, -0.2) is 0 Å². The predicted molar refractivity (Wildman–Crippen MR) is 70.5 cm³/mol. The van der Waals surface area contributed by atoms with Crippen LogP contribution in [0, 0.1) is 5.92 Å². The van der Waals surface area contributed by atoms with Crippen molar-refractivity contribution < 1.29 is 13.9 Å². The molecule has 1 aromatic carbocycles. The van der Waals surface area contributed by atoms with Gasteiger partial charge in [0.2, 0.25) is 0 Å². The predicted octanol–water partition coefficient (Wildman–Crippen LogP) is 3.69. The third-order valence-electron chi connectivity index (χ3n) is 3.56. The number of ether oxygens (including phenoxy) is 1. The SMILES string of the molecule is CC(OC(=O)C1CC1c1ccco1)c1ccccc1. The highest BCUT2D eigenvalue weighted by atomic mass is 16.5. The average Bonchev–Trinajstić information content (AvgIpc) is 3.06. The van der Waals surface area contributed by atoms with Gasteiger partial charge in [0, 0.05) is 5.92 Å². The Bertz CT molecular complexity index is 545. The Hall–Kier alpha value is -2.03. The fraction of sp³-hybridized carbons (Fsp3) is 0.312. The van der Waals surface area contributed by atoms with Crippen LogP contribution >= 0.6 is 0 Å². The minimum atomic E-state index is -0.202. The van der Waals surface area contributed by atoms with E-state index in [1.807, 2.05) is 49.4 Å². The van der Waals surface area contributed by atoms with E-state index in [9.17, 15) is 4.79 Å². The van der Waals surface area contributed by atoms with E-state index in [0.717, 1.165) is 17.7 Å². The summed E-state index contributed by atoms with van der Waals surface area (Å²) in [6.07, 6.45) is 2.27. The molecule has 98 valence electrons. The molecule has 3 unspecified atom stereocenters. The van der Waals surface area contributed by atoms with Crippen molar-refractivity contribution in [3.63, 3.8) is 0 Å². The fourth-order valence-electron chi connectivity index (χ4n) is 2.33. The number of benzene rings is 1. The molecule has 0 bridgehead atoms. The van der Waals surface area contributed by atoms with Crippen molar-refractivity contribution in [3.8, 4) is 0 Å². The fourth-order valence-corrected chi connectivity index (χ4v) is 2.33. The van der Waals surface area contributed by atoms with Gasteiger partial charge in [-0.3, -0.25) is 4.79 Å². The third kappa shape index (κ3) is 2.55. The van der Waals surface area contributed by atoms with Gasteiger partial charge in [-0.15, -0.1) is 0 Å². The first-order valence-electron chi connectivity index (χ1n) is 6.54. The van der Waals surface area contributed by atoms with Crippen LogP contribution in [0.3, 0.4) is 0 Å². The Kier molecular flexibility index (Phi) is 3.11. The van der Waals surface area contributed by atoms with Gasteiger partial charge in [-0.1, -0.05) is 30.3 Å². The molecule has 1 fully saturated rings. The Morgan fingerprint density at radius 3 is 2.74 bits per heavy atom. The van der Waals surface area contributed by atoms with Crippen LogP contribution in [0.15, 0.2) is 53.1 Å². The summed E-state index contributed by atoms with van der Waals surface area (Å²) in [6, 6.07) is 13.5. The highest BCUT2D eigenvalue weighted by Crippen LogP contribution is 2.48. The molecule has 0 aliphatic heterocycles. The number of carbonyl (C=O) groups is 1. The standard InChI is InChI=1S/C16H16O3/c1-11(12-6-3-2-4-7-12)19-16(17)14-10-13(14)15-8-5-9-18-15/h2-9,11,13-14H,10H2,1H3. The second-order valence-electron chi connectivity index (χ2n) is 4.95. The van der Waals surface area contributed by atoms with Crippen LogP contribution < -0.4 is 0 Å². The summed E-state index contributed by atoms with van der Waals surface area (Å²) in [5.41, 5.74) is 1.02. The Labute approximate surface area is 112 Å². The van der Waals surface area contributed by atoms with Crippen molar-refractivity contribution in [1.82, 2.24) is 0 Å². The van der Waals surface area contributed by atoms with Gasteiger partial charge in [0.1, 0.15) is 11.9 Å². The molecule has 3 heteroatoms. The lowest BCUT2D eigenvalue weighted by Gasteiger charge is -2.13. The van der Waals surface area contributed by atoms with Crippen molar-refractivity contribution in [2.24, 2.45) is 5.92 Å². The van der Waals surface area contributed by atoms with Gasteiger partial charge in [0.05, 0.1) is 12.2 Å². The summed E-state index contributed by atoms with van der Waals surface area (Å²) in [4.78, 5) is 12.0. The molecular formula is C16H16O3. The van der Waals surface area contributed by atoms with Gasteiger partial charge in [0.15, 0.2) is 0 Å². The van der Waals surface area contributed by atoms with Crippen LogP contribution in [0.2, 0.25) is 0 Å². The zero-order valence-electron chi connectivity index (χ0n) is 10.8. The van der Waals surface area contributed by atoms with Crippen molar-refractivity contribution in [3.05, 3.63) is 60.1 Å². The monoisotopic (exact) mass is 256 g/mol. The second kappa shape index (κ2) is 4.92. The van der Waals surface area contributed by atoms with Gasteiger partial charge in [-0.2, -0.15) is 0 Å². The molecule has 19 heavy (non-hydrogen) atoms. The smallest absolute Gasteiger partial charge is 0.310 e.